The van der Waals surface area contributed by atoms with E-state index in [1.54, 1.807) is 0 Å². The highest BCUT2D eigenvalue weighted by Gasteiger charge is 2.71. The van der Waals surface area contributed by atoms with Gasteiger partial charge >= 0.3 is 5.97 Å². The molecule has 5 rings (SSSR count). The Hall–Kier alpha value is -0.610. The first-order valence-corrected chi connectivity index (χ1v) is 12.6. The van der Waals surface area contributed by atoms with Gasteiger partial charge in [-0.1, -0.05) is 46.8 Å². The average Bonchev–Trinajstić information content (AvgIpc) is 3.23. The van der Waals surface area contributed by atoms with Crippen molar-refractivity contribution >= 4 is 21.3 Å². The largest absolute Gasteiger partial charge is 0.438 e. The minimum atomic E-state index is -0.546. The summed E-state index contributed by atoms with van der Waals surface area (Å²) < 4.78 is 11.9. The van der Waals surface area contributed by atoms with E-state index >= 15 is 0 Å². The summed E-state index contributed by atoms with van der Waals surface area (Å²) in [7, 11) is 0.324. The monoisotopic (exact) mass is 404 g/mol. The Balaban J connectivity index is 1.23. The molecule has 2 aliphatic heterocycles. The Morgan fingerprint density at radius 3 is 2.57 bits per heavy atom. The quantitative estimate of drug-likeness (QED) is 0.267. The maximum Gasteiger partial charge on any atom is 0.319 e. The van der Waals surface area contributed by atoms with Crippen LogP contribution in [0.2, 0.25) is 0 Å². The normalized spacial score (nSPS) is 44.9. The van der Waals surface area contributed by atoms with Crippen molar-refractivity contribution in [2.75, 3.05) is 12.5 Å². The SMILES string of the molecule is C=C1C(C)(C)C1(CC(C)(C)C)C(=O)OCOC1CC2CS1=C1C3CCC(C3)C12. The number of carbonyl (C=O) groups excluding carboxylic acids is 1. The predicted molar refractivity (Wildman–Crippen MR) is 115 cm³/mol. The molecule has 0 radical (unpaired) electrons. The van der Waals surface area contributed by atoms with Crippen molar-refractivity contribution in [3.8, 4) is 0 Å². The summed E-state index contributed by atoms with van der Waals surface area (Å²) in [4.78, 5) is 15.0. The molecule has 3 aliphatic carbocycles. The molecular weight excluding hydrogens is 368 g/mol. The van der Waals surface area contributed by atoms with E-state index in [1.807, 2.05) is 4.86 Å². The minimum Gasteiger partial charge on any atom is -0.438 e. The minimum absolute atomic E-state index is 0.0516. The predicted octanol–water partition coefficient (Wildman–Crippen LogP) is 5.37. The van der Waals surface area contributed by atoms with Gasteiger partial charge in [0.15, 0.2) is 6.79 Å². The van der Waals surface area contributed by atoms with Crippen molar-refractivity contribution in [1.82, 2.24) is 0 Å². The molecule has 7 atom stereocenters. The van der Waals surface area contributed by atoms with Crippen molar-refractivity contribution in [3.05, 3.63) is 12.2 Å². The van der Waals surface area contributed by atoms with Gasteiger partial charge in [0.1, 0.15) is 5.44 Å². The van der Waals surface area contributed by atoms with Gasteiger partial charge in [-0.2, -0.15) is 10.5 Å². The maximum atomic E-state index is 13.1. The summed E-state index contributed by atoms with van der Waals surface area (Å²) in [6.07, 6.45) is 6.30. The zero-order valence-electron chi connectivity index (χ0n) is 18.2. The van der Waals surface area contributed by atoms with Gasteiger partial charge in [-0.15, -0.1) is 0 Å². The third-order valence-corrected chi connectivity index (χ3v) is 11.6. The lowest BCUT2D eigenvalue weighted by molar-refractivity contribution is -0.166. The highest BCUT2D eigenvalue weighted by atomic mass is 32.2. The molecule has 7 unspecified atom stereocenters. The van der Waals surface area contributed by atoms with Gasteiger partial charge in [0.25, 0.3) is 0 Å². The summed E-state index contributed by atoms with van der Waals surface area (Å²) in [5.74, 6) is 4.88. The number of hydrogen-bond acceptors (Lipinski definition) is 3. The van der Waals surface area contributed by atoms with Gasteiger partial charge in [-0.3, -0.25) is 4.79 Å². The molecule has 4 bridgehead atoms. The van der Waals surface area contributed by atoms with Crippen LogP contribution >= 0.6 is 10.5 Å². The van der Waals surface area contributed by atoms with E-state index in [0.717, 1.165) is 35.7 Å². The van der Waals surface area contributed by atoms with Crippen molar-refractivity contribution in [2.24, 2.45) is 39.9 Å². The molecule has 5 aliphatic rings. The Labute approximate surface area is 172 Å². The molecule has 0 amide bonds. The van der Waals surface area contributed by atoms with Crippen LogP contribution in [0.1, 0.15) is 66.7 Å². The van der Waals surface area contributed by atoms with E-state index in [1.165, 1.54) is 31.4 Å². The van der Waals surface area contributed by atoms with E-state index in [0.29, 0.717) is 15.9 Å². The van der Waals surface area contributed by atoms with Crippen LogP contribution in [-0.2, 0) is 14.3 Å². The number of fused-ring (bicyclic) bond motifs is 8. The van der Waals surface area contributed by atoms with Gasteiger partial charge in [0, 0.05) is 5.41 Å². The van der Waals surface area contributed by atoms with Crippen molar-refractivity contribution in [3.63, 3.8) is 0 Å². The van der Waals surface area contributed by atoms with Gasteiger partial charge in [-0.05, 0) is 71.8 Å². The van der Waals surface area contributed by atoms with E-state index in [-0.39, 0.29) is 23.6 Å². The van der Waals surface area contributed by atoms with Crippen LogP contribution in [0, 0.1) is 39.9 Å². The third kappa shape index (κ3) is 2.52. The Bertz CT molecular complexity index is 773. The van der Waals surface area contributed by atoms with Crippen LogP contribution in [0.4, 0.5) is 0 Å². The number of esters is 1. The second kappa shape index (κ2) is 5.97. The van der Waals surface area contributed by atoms with Gasteiger partial charge in [-0.25, -0.2) is 0 Å². The van der Waals surface area contributed by atoms with Crippen LogP contribution in [0.15, 0.2) is 12.2 Å². The standard InChI is InChI=1S/C24H36O3S/c1-14-23(5,6)24(14,12-22(2,3)4)21(25)27-13-26-18-10-17-11-28(18)20-16-8-7-15(9-16)19(17)20/h15-19H,1,7-13H2,2-6H3. The molecule has 0 aromatic heterocycles. The molecule has 0 aromatic carbocycles. The number of carbonyl (C=O) groups is 1. The number of ether oxygens (including phenoxy) is 2. The highest BCUT2D eigenvalue weighted by Crippen LogP contribution is 2.72. The molecular formula is C24H36O3S. The molecule has 2 heterocycles. The highest BCUT2D eigenvalue weighted by molar-refractivity contribution is 8.17. The number of hydrogen-bond donors (Lipinski definition) is 0. The van der Waals surface area contributed by atoms with Gasteiger partial charge in [0.2, 0.25) is 0 Å². The second-order valence-corrected chi connectivity index (χ2v) is 13.9. The molecule has 1 saturated heterocycles. The second-order valence-electron chi connectivity index (χ2n) is 11.7. The zero-order valence-corrected chi connectivity index (χ0v) is 19.0. The van der Waals surface area contributed by atoms with Gasteiger partial charge in [0.05, 0.1) is 5.41 Å². The first-order valence-electron chi connectivity index (χ1n) is 11.1. The maximum absolute atomic E-state index is 13.1. The topological polar surface area (TPSA) is 35.5 Å². The Morgan fingerprint density at radius 1 is 1.21 bits per heavy atom. The third-order valence-electron chi connectivity index (χ3n) is 8.59. The molecule has 4 heteroatoms. The summed E-state index contributed by atoms with van der Waals surface area (Å²) >= 11 is 0. The molecule has 156 valence electrons. The fourth-order valence-electron chi connectivity index (χ4n) is 7.22. The van der Waals surface area contributed by atoms with Gasteiger partial charge < -0.3 is 9.47 Å². The van der Waals surface area contributed by atoms with Crippen molar-refractivity contribution in [2.45, 2.75) is 72.2 Å². The van der Waals surface area contributed by atoms with Crippen LogP contribution in [0.5, 0.6) is 0 Å². The Kier molecular flexibility index (Phi) is 4.13. The first-order chi connectivity index (χ1) is 13.1. The summed E-state index contributed by atoms with van der Waals surface area (Å²) in [5, 5.41) is 0. The molecule has 3 nitrogen and oxygen atoms in total. The van der Waals surface area contributed by atoms with Crippen LogP contribution in [-0.4, -0.2) is 28.8 Å². The zero-order chi connectivity index (χ0) is 20.1. The fraction of sp³-hybridized carbons (Fsp3) is 0.833. The summed E-state index contributed by atoms with van der Waals surface area (Å²) in [6, 6.07) is 0. The van der Waals surface area contributed by atoms with Crippen LogP contribution < -0.4 is 0 Å². The van der Waals surface area contributed by atoms with E-state index < -0.39 is 5.41 Å². The van der Waals surface area contributed by atoms with Crippen molar-refractivity contribution in [1.29, 1.82) is 0 Å². The molecule has 0 N–H and O–H groups in total. The first kappa shape index (κ1) is 19.4. The number of rotatable bonds is 5. The summed E-state index contributed by atoms with van der Waals surface area (Å²) in [5.41, 5.74) is 0.642. The smallest absolute Gasteiger partial charge is 0.319 e. The summed E-state index contributed by atoms with van der Waals surface area (Å²) in [6.45, 7) is 15.1. The average molecular weight is 405 g/mol. The van der Waals surface area contributed by atoms with Crippen LogP contribution in [0.25, 0.3) is 0 Å². The Morgan fingerprint density at radius 2 is 1.93 bits per heavy atom. The fourth-order valence-corrected chi connectivity index (χ4v) is 10.8. The lowest BCUT2D eigenvalue weighted by Crippen LogP contribution is -2.32. The molecule has 28 heavy (non-hydrogen) atoms. The molecule has 3 saturated carbocycles. The van der Waals surface area contributed by atoms with Crippen LogP contribution in [0.3, 0.4) is 0 Å². The lowest BCUT2D eigenvalue weighted by atomic mass is 9.79. The molecule has 0 spiro atoms. The molecule has 0 aromatic rings. The van der Waals surface area contributed by atoms with E-state index in [4.69, 9.17) is 9.47 Å². The van der Waals surface area contributed by atoms with E-state index in [2.05, 4.69) is 41.2 Å². The van der Waals surface area contributed by atoms with Crippen molar-refractivity contribution < 1.29 is 14.3 Å². The van der Waals surface area contributed by atoms with E-state index in [9.17, 15) is 4.79 Å². The lowest BCUT2D eigenvalue weighted by Gasteiger charge is -2.31. The molecule has 4 fully saturated rings.